The molecule has 0 aliphatic carbocycles. The third kappa shape index (κ3) is 3.74. The Morgan fingerprint density at radius 1 is 1.32 bits per heavy atom. The smallest absolute Gasteiger partial charge is 0.261 e. The quantitative estimate of drug-likeness (QED) is 0.848. The zero-order valence-electron chi connectivity index (χ0n) is 15.2. The summed E-state index contributed by atoms with van der Waals surface area (Å²) in [5, 5.41) is 0.568. The summed E-state index contributed by atoms with van der Waals surface area (Å²) in [5.41, 5.74) is 1.53. The van der Waals surface area contributed by atoms with Crippen LogP contribution in [0.25, 0.3) is 10.9 Å². The minimum atomic E-state index is -0.150. The number of amides is 1. The number of hydrogen-bond acceptors (Lipinski definition) is 4. The van der Waals surface area contributed by atoms with Crippen molar-refractivity contribution in [3.63, 3.8) is 0 Å². The molecule has 0 bridgehead atoms. The number of rotatable bonds is 4. The molecule has 1 aliphatic rings. The van der Waals surface area contributed by atoms with Gasteiger partial charge < -0.3 is 9.80 Å². The highest BCUT2D eigenvalue weighted by atomic mass is 16.2. The molecule has 6 heteroatoms. The van der Waals surface area contributed by atoms with Crippen LogP contribution in [-0.2, 0) is 11.3 Å². The highest BCUT2D eigenvalue weighted by molar-refractivity contribution is 5.81. The molecular weight excluding hydrogens is 316 g/mol. The molecule has 25 heavy (non-hydrogen) atoms. The van der Waals surface area contributed by atoms with Gasteiger partial charge in [0.2, 0.25) is 5.91 Å². The molecule has 0 unspecified atom stereocenters. The van der Waals surface area contributed by atoms with Gasteiger partial charge in [-0.2, -0.15) is 0 Å². The summed E-state index contributed by atoms with van der Waals surface area (Å²) in [7, 11) is 4.05. The topological polar surface area (TPSA) is 58.4 Å². The first-order chi connectivity index (χ1) is 12.0. The van der Waals surface area contributed by atoms with Crippen molar-refractivity contribution in [3.8, 4) is 0 Å². The first-order valence-electron chi connectivity index (χ1n) is 8.86. The fraction of sp³-hybridized carbons (Fsp3) is 0.526. The van der Waals surface area contributed by atoms with E-state index in [0.29, 0.717) is 10.9 Å². The van der Waals surface area contributed by atoms with E-state index < -0.39 is 0 Å². The molecule has 6 nitrogen and oxygen atoms in total. The third-order valence-electron chi connectivity index (χ3n) is 4.88. The average Bonchev–Trinajstić information content (AvgIpc) is 2.58. The van der Waals surface area contributed by atoms with Gasteiger partial charge in [0, 0.05) is 19.1 Å². The van der Waals surface area contributed by atoms with Crippen molar-refractivity contribution in [2.75, 3.05) is 27.2 Å². The number of aromatic nitrogens is 2. The molecule has 1 fully saturated rings. The highest BCUT2D eigenvalue weighted by Crippen LogP contribution is 2.18. The van der Waals surface area contributed by atoms with E-state index in [0.717, 1.165) is 37.9 Å². The number of para-hydroxylation sites is 1. The van der Waals surface area contributed by atoms with Gasteiger partial charge in [0.15, 0.2) is 0 Å². The van der Waals surface area contributed by atoms with E-state index >= 15 is 0 Å². The summed E-state index contributed by atoms with van der Waals surface area (Å²) >= 11 is 0. The molecule has 134 valence electrons. The number of benzene rings is 1. The van der Waals surface area contributed by atoms with Crippen molar-refractivity contribution < 1.29 is 4.79 Å². The standard InChI is InChI=1S/C19H26N4O2/c1-14-7-6-9-16-18(14)20-13-22(19(16)25)12-17(24)23-10-5-4-8-15(23)11-21(2)3/h6-7,9,13,15H,4-5,8,10-12H2,1-3H3/t15-/m0/s1. The predicted molar refractivity (Wildman–Crippen MR) is 98.6 cm³/mol. The molecule has 0 radical (unpaired) electrons. The van der Waals surface area contributed by atoms with E-state index in [-0.39, 0.29) is 24.1 Å². The lowest BCUT2D eigenvalue weighted by Crippen LogP contribution is -2.49. The van der Waals surface area contributed by atoms with Crippen molar-refractivity contribution in [3.05, 3.63) is 40.4 Å². The number of aryl methyl sites for hydroxylation is 1. The number of nitrogens with zero attached hydrogens (tertiary/aromatic N) is 4. The van der Waals surface area contributed by atoms with Crippen LogP contribution in [0, 0.1) is 6.92 Å². The van der Waals surface area contributed by atoms with Gasteiger partial charge in [0.25, 0.3) is 5.56 Å². The molecule has 1 aromatic heterocycles. The van der Waals surface area contributed by atoms with E-state index in [1.807, 2.05) is 38.1 Å². The van der Waals surface area contributed by atoms with Gasteiger partial charge in [-0.15, -0.1) is 0 Å². The van der Waals surface area contributed by atoms with Crippen molar-refractivity contribution >= 4 is 16.8 Å². The fourth-order valence-corrected chi connectivity index (χ4v) is 3.63. The molecule has 1 amide bonds. The predicted octanol–water partition coefficient (Wildman–Crippen LogP) is 1.65. The molecule has 1 aromatic carbocycles. The molecule has 1 atom stereocenters. The van der Waals surface area contributed by atoms with E-state index in [1.54, 1.807) is 6.07 Å². The Balaban J connectivity index is 1.84. The highest BCUT2D eigenvalue weighted by Gasteiger charge is 2.27. The summed E-state index contributed by atoms with van der Waals surface area (Å²) in [6, 6.07) is 5.78. The van der Waals surface area contributed by atoms with Crippen molar-refractivity contribution in [1.29, 1.82) is 0 Å². The Bertz CT molecular complexity index is 828. The number of fused-ring (bicyclic) bond motifs is 1. The number of hydrogen-bond donors (Lipinski definition) is 0. The second kappa shape index (κ2) is 7.35. The SMILES string of the molecule is Cc1cccc2c(=O)n(CC(=O)N3CCCC[C@H]3CN(C)C)cnc12. The van der Waals surface area contributed by atoms with Crippen LogP contribution in [-0.4, -0.2) is 58.5 Å². The summed E-state index contributed by atoms with van der Waals surface area (Å²) in [5.74, 6) is 0.00227. The largest absolute Gasteiger partial charge is 0.337 e. The van der Waals surface area contributed by atoms with Crippen LogP contribution in [0.5, 0.6) is 0 Å². The van der Waals surface area contributed by atoms with Gasteiger partial charge in [-0.05, 0) is 51.9 Å². The van der Waals surface area contributed by atoms with Crippen LogP contribution in [0.2, 0.25) is 0 Å². The zero-order chi connectivity index (χ0) is 18.0. The van der Waals surface area contributed by atoms with Gasteiger partial charge in [-0.25, -0.2) is 4.98 Å². The maximum atomic E-state index is 12.8. The van der Waals surface area contributed by atoms with Gasteiger partial charge >= 0.3 is 0 Å². The number of carbonyl (C=O) groups excluding carboxylic acids is 1. The van der Waals surface area contributed by atoms with Crippen LogP contribution in [0.3, 0.4) is 0 Å². The van der Waals surface area contributed by atoms with Gasteiger partial charge in [0.1, 0.15) is 6.54 Å². The van der Waals surface area contributed by atoms with Crippen molar-refractivity contribution in [2.24, 2.45) is 0 Å². The normalized spacial score (nSPS) is 18.1. The van der Waals surface area contributed by atoms with Crippen molar-refractivity contribution in [2.45, 2.75) is 38.8 Å². The Morgan fingerprint density at radius 2 is 2.12 bits per heavy atom. The molecule has 0 saturated carbocycles. The van der Waals surface area contributed by atoms with Gasteiger partial charge in [-0.3, -0.25) is 14.2 Å². The summed E-state index contributed by atoms with van der Waals surface area (Å²) in [6.07, 6.45) is 4.70. The lowest BCUT2D eigenvalue weighted by atomic mass is 10.0. The average molecular weight is 342 g/mol. The molecule has 1 aliphatic heterocycles. The monoisotopic (exact) mass is 342 g/mol. The maximum absolute atomic E-state index is 12.8. The molecule has 1 saturated heterocycles. The van der Waals surface area contributed by atoms with E-state index in [9.17, 15) is 9.59 Å². The van der Waals surface area contributed by atoms with E-state index in [2.05, 4.69) is 9.88 Å². The summed E-state index contributed by atoms with van der Waals surface area (Å²) < 4.78 is 1.44. The second-order valence-electron chi connectivity index (χ2n) is 7.15. The molecule has 2 aromatic rings. The molecular formula is C19H26N4O2. The molecule has 0 spiro atoms. The van der Waals surface area contributed by atoms with Crippen LogP contribution < -0.4 is 5.56 Å². The Labute approximate surface area is 148 Å². The third-order valence-corrected chi connectivity index (χ3v) is 4.88. The first-order valence-corrected chi connectivity index (χ1v) is 8.86. The number of piperidine rings is 1. The van der Waals surface area contributed by atoms with Crippen LogP contribution in [0.15, 0.2) is 29.3 Å². The van der Waals surface area contributed by atoms with Gasteiger partial charge in [0.05, 0.1) is 17.2 Å². The number of carbonyl (C=O) groups is 1. The molecule has 0 N–H and O–H groups in total. The number of likely N-dealkylation sites (tertiary alicyclic amines) is 1. The minimum Gasteiger partial charge on any atom is -0.337 e. The summed E-state index contributed by atoms with van der Waals surface area (Å²) in [6.45, 7) is 3.62. The Kier molecular flexibility index (Phi) is 5.18. The van der Waals surface area contributed by atoms with Crippen LogP contribution in [0.1, 0.15) is 24.8 Å². The van der Waals surface area contributed by atoms with E-state index in [4.69, 9.17) is 0 Å². The minimum absolute atomic E-state index is 0.00227. The summed E-state index contributed by atoms with van der Waals surface area (Å²) in [4.78, 5) is 34.0. The maximum Gasteiger partial charge on any atom is 0.261 e. The second-order valence-corrected chi connectivity index (χ2v) is 7.15. The lowest BCUT2D eigenvalue weighted by molar-refractivity contribution is -0.135. The van der Waals surface area contributed by atoms with Crippen LogP contribution in [0.4, 0.5) is 0 Å². The Morgan fingerprint density at radius 3 is 2.88 bits per heavy atom. The zero-order valence-corrected chi connectivity index (χ0v) is 15.2. The Hall–Kier alpha value is -2.21. The lowest BCUT2D eigenvalue weighted by Gasteiger charge is -2.37. The molecule has 3 rings (SSSR count). The van der Waals surface area contributed by atoms with Crippen LogP contribution >= 0.6 is 0 Å². The van der Waals surface area contributed by atoms with Crippen molar-refractivity contribution in [1.82, 2.24) is 19.4 Å². The fourth-order valence-electron chi connectivity index (χ4n) is 3.63. The molecule has 2 heterocycles. The van der Waals surface area contributed by atoms with Gasteiger partial charge in [-0.1, -0.05) is 12.1 Å². The van der Waals surface area contributed by atoms with E-state index in [1.165, 1.54) is 10.9 Å². The number of likely N-dealkylation sites (N-methyl/N-ethyl adjacent to an activating group) is 1. The first kappa shape index (κ1) is 17.6.